The summed E-state index contributed by atoms with van der Waals surface area (Å²) in [6.45, 7) is 0. The number of carbonyl (C=O) groups excluding carboxylic acids is 2. The second-order valence-electron chi connectivity index (χ2n) is 6.11. The number of carbonyl (C=O) groups is 2. The zero-order chi connectivity index (χ0) is 16.5. The molecule has 2 rings (SSSR count). The molecule has 6 heteroatoms. The Balaban J connectivity index is 0.000000220. The Morgan fingerprint density at radius 3 is 1.41 bits per heavy atom. The minimum atomic E-state index is -0.0338. The molecular formula is C16H26Br2O4. The first-order chi connectivity index (χ1) is 10.5. The number of hydrogen-bond acceptors (Lipinski definition) is 4. The molecule has 0 aromatic heterocycles. The van der Waals surface area contributed by atoms with Gasteiger partial charge >= 0.3 is 11.9 Å². The maximum absolute atomic E-state index is 11.0. The lowest BCUT2D eigenvalue weighted by molar-refractivity contribution is -0.146. The van der Waals surface area contributed by atoms with Gasteiger partial charge < -0.3 is 9.47 Å². The average molecular weight is 442 g/mol. The topological polar surface area (TPSA) is 52.6 Å². The number of hydrogen-bond donors (Lipinski definition) is 0. The molecule has 0 bridgehead atoms. The van der Waals surface area contributed by atoms with Crippen molar-refractivity contribution in [1.82, 2.24) is 0 Å². The Bertz CT molecular complexity index is 328. The van der Waals surface area contributed by atoms with Crippen LogP contribution in [0.3, 0.4) is 0 Å². The van der Waals surface area contributed by atoms with Crippen LogP contribution in [0.4, 0.5) is 0 Å². The Morgan fingerprint density at radius 2 is 1.18 bits per heavy atom. The van der Waals surface area contributed by atoms with Crippen molar-refractivity contribution in [1.29, 1.82) is 0 Å². The minimum absolute atomic E-state index is 0.0338. The van der Waals surface area contributed by atoms with Crippen LogP contribution in [0, 0.1) is 23.7 Å². The molecule has 0 amide bonds. The van der Waals surface area contributed by atoms with Gasteiger partial charge in [0, 0.05) is 10.7 Å². The number of rotatable bonds is 4. The molecule has 0 aliphatic heterocycles. The van der Waals surface area contributed by atoms with Crippen LogP contribution in [0.15, 0.2) is 0 Å². The van der Waals surface area contributed by atoms with Crippen LogP contribution >= 0.6 is 31.9 Å². The van der Waals surface area contributed by atoms with Crippen molar-refractivity contribution in [2.24, 2.45) is 23.7 Å². The van der Waals surface area contributed by atoms with Crippen LogP contribution in [0.5, 0.6) is 0 Å². The summed E-state index contributed by atoms with van der Waals surface area (Å²) in [5, 5.41) is 2.03. The van der Waals surface area contributed by atoms with Crippen molar-refractivity contribution in [2.45, 2.75) is 38.5 Å². The summed E-state index contributed by atoms with van der Waals surface area (Å²) in [5.74, 6) is 1.63. The van der Waals surface area contributed by atoms with Crippen LogP contribution in [0.25, 0.3) is 0 Å². The van der Waals surface area contributed by atoms with Crippen molar-refractivity contribution >= 4 is 43.8 Å². The Hall–Kier alpha value is -0.100. The molecule has 0 aromatic rings. The molecule has 0 spiro atoms. The third kappa shape index (κ3) is 6.19. The van der Waals surface area contributed by atoms with Crippen LogP contribution in [-0.4, -0.2) is 36.8 Å². The van der Waals surface area contributed by atoms with Gasteiger partial charge in [-0.3, -0.25) is 9.59 Å². The maximum atomic E-state index is 11.0. The fourth-order valence-corrected chi connectivity index (χ4v) is 4.37. The highest BCUT2D eigenvalue weighted by Crippen LogP contribution is 2.33. The highest BCUT2D eigenvalue weighted by molar-refractivity contribution is 9.09. The van der Waals surface area contributed by atoms with Gasteiger partial charge in [-0.05, 0) is 50.4 Å². The summed E-state index contributed by atoms with van der Waals surface area (Å²) in [7, 11) is 2.92. The SMILES string of the molecule is COC(=O)C1CCC(CBr)C1.COC(=O)C1CCC(CBr)C1. The van der Waals surface area contributed by atoms with Crippen molar-refractivity contribution in [2.75, 3.05) is 24.9 Å². The molecule has 2 saturated carbocycles. The maximum Gasteiger partial charge on any atom is 0.308 e. The first-order valence-corrected chi connectivity index (χ1v) is 10.1. The predicted molar refractivity (Wildman–Crippen MR) is 93.3 cm³/mol. The lowest BCUT2D eigenvalue weighted by Crippen LogP contribution is -2.12. The average Bonchev–Trinajstić information content (AvgIpc) is 3.22. The van der Waals surface area contributed by atoms with E-state index in [9.17, 15) is 9.59 Å². The van der Waals surface area contributed by atoms with Gasteiger partial charge in [0.2, 0.25) is 0 Å². The number of halogens is 2. The molecule has 128 valence electrons. The van der Waals surface area contributed by atoms with Gasteiger partial charge in [0.25, 0.3) is 0 Å². The summed E-state index contributed by atoms with van der Waals surface area (Å²) in [6, 6.07) is 0. The third-order valence-corrected chi connectivity index (χ3v) is 6.42. The smallest absolute Gasteiger partial charge is 0.308 e. The van der Waals surface area contributed by atoms with Crippen molar-refractivity contribution in [3.8, 4) is 0 Å². The van der Waals surface area contributed by atoms with E-state index in [1.165, 1.54) is 14.2 Å². The quantitative estimate of drug-likeness (QED) is 0.489. The zero-order valence-electron chi connectivity index (χ0n) is 13.4. The van der Waals surface area contributed by atoms with E-state index >= 15 is 0 Å². The number of methoxy groups -OCH3 is 2. The third-order valence-electron chi connectivity index (χ3n) is 4.59. The Morgan fingerprint density at radius 1 is 0.818 bits per heavy atom. The molecule has 4 nitrogen and oxygen atoms in total. The summed E-state index contributed by atoms with van der Waals surface area (Å²) >= 11 is 6.85. The zero-order valence-corrected chi connectivity index (χ0v) is 16.5. The van der Waals surface area contributed by atoms with E-state index in [-0.39, 0.29) is 23.8 Å². The summed E-state index contributed by atoms with van der Waals surface area (Å²) < 4.78 is 9.35. The van der Waals surface area contributed by atoms with Crippen LogP contribution in [0.2, 0.25) is 0 Å². The number of esters is 2. The summed E-state index contributed by atoms with van der Waals surface area (Å²) in [5.41, 5.74) is 0. The molecule has 4 unspecified atom stereocenters. The highest BCUT2D eigenvalue weighted by Gasteiger charge is 2.30. The first kappa shape index (κ1) is 19.9. The fourth-order valence-electron chi connectivity index (χ4n) is 3.19. The van der Waals surface area contributed by atoms with Crippen LogP contribution < -0.4 is 0 Å². The summed E-state index contributed by atoms with van der Waals surface area (Å²) in [4.78, 5) is 22.1. The van der Waals surface area contributed by atoms with Gasteiger partial charge in [0.15, 0.2) is 0 Å². The largest absolute Gasteiger partial charge is 0.469 e. The van der Waals surface area contributed by atoms with Gasteiger partial charge in [0.1, 0.15) is 0 Å². The van der Waals surface area contributed by atoms with Gasteiger partial charge in [-0.2, -0.15) is 0 Å². The Labute approximate surface area is 149 Å². The minimum Gasteiger partial charge on any atom is -0.469 e. The van der Waals surface area contributed by atoms with Gasteiger partial charge in [-0.25, -0.2) is 0 Å². The molecule has 0 heterocycles. The van der Waals surface area contributed by atoms with Crippen LogP contribution in [0.1, 0.15) is 38.5 Å². The van der Waals surface area contributed by atoms with E-state index in [0.29, 0.717) is 11.8 Å². The predicted octanol–water partition coefficient (Wildman–Crippen LogP) is 3.94. The molecule has 22 heavy (non-hydrogen) atoms. The molecular weight excluding hydrogens is 416 g/mol. The van der Waals surface area contributed by atoms with Gasteiger partial charge in [-0.1, -0.05) is 31.9 Å². The molecule has 2 aliphatic rings. The molecule has 0 radical (unpaired) electrons. The number of ether oxygens (including phenoxy) is 2. The lowest BCUT2D eigenvalue weighted by Gasteiger charge is -2.06. The van der Waals surface area contributed by atoms with Crippen LogP contribution in [-0.2, 0) is 19.1 Å². The van der Waals surface area contributed by atoms with E-state index in [0.717, 1.165) is 49.2 Å². The molecule has 0 N–H and O–H groups in total. The summed E-state index contributed by atoms with van der Waals surface area (Å²) in [6.07, 6.45) is 6.32. The highest BCUT2D eigenvalue weighted by atomic mass is 79.9. The standard InChI is InChI=1S/2C8H13BrO2/c2*1-11-8(10)7-3-2-6(4-7)5-9/h2*6-7H,2-5H2,1H3. The second kappa shape index (κ2) is 10.6. The van der Waals surface area contributed by atoms with E-state index in [1.54, 1.807) is 0 Å². The number of alkyl halides is 2. The second-order valence-corrected chi connectivity index (χ2v) is 7.40. The molecule has 4 atom stereocenters. The van der Waals surface area contributed by atoms with E-state index < -0.39 is 0 Å². The Kier molecular flexibility index (Phi) is 9.64. The monoisotopic (exact) mass is 440 g/mol. The lowest BCUT2D eigenvalue weighted by atomic mass is 10.1. The van der Waals surface area contributed by atoms with E-state index in [4.69, 9.17) is 0 Å². The molecule has 0 aromatic carbocycles. The van der Waals surface area contributed by atoms with Crippen molar-refractivity contribution in [3.05, 3.63) is 0 Å². The van der Waals surface area contributed by atoms with Crippen molar-refractivity contribution in [3.63, 3.8) is 0 Å². The normalized spacial score (nSPS) is 30.4. The molecule has 2 aliphatic carbocycles. The molecule has 2 fully saturated rings. The van der Waals surface area contributed by atoms with Crippen molar-refractivity contribution < 1.29 is 19.1 Å². The van der Waals surface area contributed by atoms with E-state index in [1.807, 2.05) is 0 Å². The van der Waals surface area contributed by atoms with Gasteiger partial charge in [0.05, 0.1) is 26.1 Å². The van der Waals surface area contributed by atoms with E-state index in [2.05, 4.69) is 41.3 Å². The fraction of sp³-hybridized carbons (Fsp3) is 0.875. The molecule has 0 saturated heterocycles. The first-order valence-electron chi connectivity index (χ1n) is 7.83. The van der Waals surface area contributed by atoms with Gasteiger partial charge in [-0.15, -0.1) is 0 Å².